The first-order valence-electron chi connectivity index (χ1n) is 12.4. The molecule has 2 N–H and O–H groups in total. The highest BCUT2D eigenvalue weighted by atomic mass is 35.5. The monoisotopic (exact) mass is 603 g/mol. The van der Waals surface area contributed by atoms with E-state index in [1.165, 1.54) is 24.3 Å². The van der Waals surface area contributed by atoms with Crippen LogP contribution in [-0.4, -0.2) is 63.5 Å². The Morgan fingerprint density at radius 2 is 1.72 bits per heavy atom. The van der Waals surface area contributed by atoms with Gasteiger partial charge in [0.15, 0.2) is 5.13 Å². The SMILES string of the molecule is Cc1ccc(Cl)c2sc(N3CCN(CCNC(=O)c4ccccc4NS(=O)(=O)c4ccc(Cl)cc4)CC3)nc12. The number of halogens is 2. The first kappa shape index (κ1) is 27.7. The minimum absolute atomic E-state index is 0.0605. The third-order valence-electron chi connectivity index (χ3n) is 6.58. The molecular formula is C27H27Cl2N5O3S2. The van der Waals surface area contributed by atoms with Gasteiger partial charge >= 0.3 is 0 Å². The molecule has 0 saturated carbocycles. The van der Waals surface area contributed by atoms with Crippen molar-refractivity contribution in [2.45, 2.75) is 11.8 Å². The van der Waals surface area contributed by atoms with Gasteiger partial charge in [-0.3, -0.25) is 14.4 Å². The van der Waals surface area contributed by atoms with Crippen LogP contribution < -0.4 is 14.9 Å². The van der Waals surface area contributed by atoms with Gasteiger partial charge in [-0.1, -0.05) is 52.7 Å². The van der Waals surface area contributed by atoms with Crippen LogP contribution in [0.1, 0.15) is 15.9 Å². The highest BCUT2D eigenvalue weighted by Gasteiger charge is 2.22. The molecule has 12 heteroatoms. The minimum atomic E-state index is -3.88. The molecule has 1 amide bonds. The zero-order valence-corrected chi connectivity index (χ0v) is 24.3. The van der Waals surface area contributed by atoms with Crippen molar-refractivity contribution in [3.8, 4) is 0 Å². The Kier molecular flexibility index (Phi) is 8.29. The first-order chi connectivity index (χ1) is 18.7. The predicted octanol–water partition coefficient (Wildman–Crippen LogP) is 5.26. The lowest BCUT2D eigenvalue weighted by Crippen LogP contribution is -2.48. The zero-order valence-electron chi connectivity index (χ0n) is 21.2. The molecule has 2 heterocycles. The standard InChI is InChI=1S/C27H27Cl2N5O3S2/c1-18-6-11-22(29)25-24(18)31-27(38-25)34-16-14-33(15-17-34)13-12-30-26(35)21-4-2-3-5-23(21)32-39(36,37)20-9-7-19(28)8-10-20/h2-11,32H,12-17H2,1H3,(H,30,35). The van der Waals surface area contributed by atoms with Crippen molar-refractivity contribution in [2.24, 2.45) is 0 Å². The summed E-state index contributed by atoms with van der Waals surface area (Å²) in [6.45, 7) is 6.52. The molecule has 1 saturated heterocycles. The van der Waals surface area contributed by atoms with Crippen molar-refractivity contribution in [2.75, 3.05) is 48.9 Å². The number of carbonyl (C=O) groups is 1. The van der Waals surface area contributed by atoms with Crippen LogP contribution in [0.5, 0.6) is 0 Å². The number of thiazole rings is 1. The van der Waals surface area contributed by atoms with E-state index in [0.29, 0.717) is 18.1 Å². The van der Waals surface area contributed by atoms with Crippen molar-refractivity contribution in [3.63, 3.8) is 0 Å². The molecular weight excluding hydrogens is 577 g/mol. The summed E-state index contributed by atoms with van der Waals surface area (Å²) in [4.78, 5) is 22.4. The van der Waals surface area contributed by atoms with Crippen LogP contribution in [0.2, 0.25) is 10.0 Å². The van der Waals surface area contributed by atoms with Crippen LogP contribution in [0.3, 0.4) is 0 Å². The lowest BCUT2D eigenvalue weighted by Gasteiger charge is -2.34. The highest BCUT2D eigenvalue weighted by molar-refractivity contribution is 7.92. The number of carbonyl (C=O) groups excluding carboxylic acids is 1. The van der Waals surface area contributed by atoms with Gasteiger partial charge in [-0.05, 0) is 55.0 Å². The van der Waals surface area contributed by atoms with E-state index in [4.69, 9.17) is 28.2 Å². The van der Waals surface area contributed by atoms with Gasteiger partial charge < -0.3 is 10.2 Å². The van der Waals surface area contributed by atoms with Crippen molar-refractivity contribution in [3.05, 3.63) is 81.8 Å². The molecule has 0 radical (unpaired) electrons. The fourth-order valence-electron chi connectivity index (χ4n) is 4.40. The summed E-state index contributed by atoms with van der Waals surface area (Å²) in [5, 5.41) is 5.07. The second-order valence-corrected chi connectivity index (χ2v) is 12.7. The number of benzene rings is 3. The van der Waals surface area contributed by atoms with Gasteiger partial charge in [0, 0.05) is 44.3 Å². The van der Waals surface area contributed by atoms with Crippen molar-refractivity contribution < 1.29 is 13.2 Å². The van der Waals surface area contributed by atoms with E-state index in [1.807, 2.05) is 19.1 Å². The molecule has 5 rings (SSSR count). The minimum Gasteiger partial charge on any atom is -0.351 e. The Hall–Kier alpha value is -2.89. The lowest BCUT2D eigenvalue weighted by atomic mass is 10.1. The largest absolute Gasteiger partial charge is 0.351 e. The molecule has 204 valence electrons. The van der Waals surface area contributed by atoms with Gasteiger partial charge in [-0.15, -0.1) is 0 Å². The molecule has 3 aromatic carbocycles. The topological polar surface area (TPSA) is 94.6 Å². The predicted molar refractivity (Wildman–Crippen MR) is 159 cm³/mol. The number of hydrogen-bond acceptors (Lipinski definition) is 7. The molecule has 0 bridgehead atoms. The normalized spacial score (nSPS) is 14.5. The van der Waals surface area contributed by atoms with E-state index in [-0.39, 0.29) is 22.1 Å². The van der Waals surface area contributed by atoms with E-state index in [9.17, 15) is 13.2 Å². The second kappa shape index (κ2) is 11.7. The van der Waals surface area contributed by atoms with E-state index in [2.05, 4.69) is 19.8 Å². The molecule has 39 heavy (non-hydrogen) atoms. The summed E-state index contributed by atoms with van der Waals surface area (Å²) in [7, 11) is -3.88. The molecule has 0 unspecified atom stereocenters. The third kappa shape index (κ3) is 6.31. The van der Waals surface area contributed by atoms with Crippen LogP contribution in [0.4, 0.5) is 10.8 Å². The molecule has 0 spiro atoms. The molecule has 0 atom stereocenters. The fourth-order valence-corrected chi connectivity index (χ4v) is 6.97. The van der Waals surface area contributed by atoms with Crippen molar-refractivity contribution in [1.82, 2.24) is 15.2 Å². The number of nitrogens with one attached hydrogen (secondary N) is 2. The number of fused-ring (bicyclic) bond motifs is 1. The van der Waals surface area contributed by atoms with Crippen LogP contribution >= 0.6 is 34.5 Å². The van der Waals surface area contributed by atoms with Gasteiger partial charge in [-0.25, -0.2) is 13.4 Å². The number of nitrogens with zero attached hydrogens (tertiary/aromatic N) is 3. The Morgan fingerprint density at radius 3 is 2.44 bits per heavy atom. The van der Waals surface area contributed by atoms with Crippen LogP contribution in [-0.2, 0) is 10.0 Å². The number of rotatable bonds is 8. The number of para-hydroxylation sites is 1. The van der Waals surface area contributed by atoms with Gasteiger partial charge in [0.1, 0.15) is 0 Å². The molecule has 4 aromatic rings. The summed E-state index contributed by atoms with van der Waals surface area (Å²) in [6.07, 6.45) is 0. The summed E-state index contributed by atoms with van der Waals surface area (Å²) < 4.78 is 29.2. The number of piperazine rings is 1. The number of aromatic nitrogens is 1. The van der Waals surface area contributed by atoms with Crippen molar-refractivity contribution in [1.29, 1.82) is 0 Å². The zero-order chi connectivity index (χ0) is 27.6. The maximum atomic E-state index is 12.9. The van der Waals surface area contributed by atoms with Crippen LogP contribution in [0.15, 0.2) is 65.6 Å². The lowest BCUT2D eigenvalue weighted by molar-refractivity contribution is 0.0948. The smallest absolute Gasteiger partial charge is 0.261 e. The van der Waals surface area contributed by atoms with E-state index in [1.54, 1.807) is 35.6 Å². The first-order valence-corrected chi connectivity index (χ1v) is 15.5. The highest BCUT2D eigenvalue weighted by Crippen LogP contribution is 2.35. The summed E-state index contributed by atoms with van der Waals surface area (Å²) in [6, 6.07) is 16.3. The summed E-state index contributed by atoms with van der Waals surface area (Å²) >= 11 is 13.9. The van der Waals surface area contributed by atoms with Crippen molar-refractivity contribution >= 4 is 71.5 Å². The summed E-state index contributed by atoms with van der Waals surface area (Å²) in [5.74, 6) is -0.343. The average molecular weight is 605 g/mol. The van der Waals surface area contributed by atoms with E-state index >= 15 is 0 Å². The Bertz CT molecular complexity index is 1560. The average Bonchev–Trinajstić information content (AvgIpc) is 3.39. The number of anilines is 2. The molecule has 0 aliphatic carbocycles. The van der Waals surface area contributed by atoms with E-state index in [0.717, 1.165) is 52.1 Å². The maximum absolute atomic E-state index is 12.9. The number of aryl methyl sites for hydroxylation is 1. The quantitative estimate of drug-likeness (QED) is 0.285. The Morgan fingerprint density at radius 1 is 1.00 bits per heavy atom. The van der Waals surface area contributed by atoms with Gasteiger partial charge in [0.25, 0.3) is 15.9 Å². The second-order valence-electron chi connectivity index (χ2n) is 9.23. The summed E-state index contributed by atoms with van der Waals surface area (Å²) in [5.41, 5.74) is 2.54. The molecule has 1 fully saturated rings. The number of hydrogen-bond donors (Lipinski definition) is 2. The van der Waals surface area contributed by atoms with Gasteiger partial charge in [0.05, 0.1) is 31.4 Å². The van der Waals surface area contributed by atoms with E-state index < -0.39 is 10.0 Å². The van der Waals surface area contributed by atoms with Crippen LogP contribution in [0.25, 0.3) is 10.2 Å². The molecule has 1 aromatic heterocycles. The fraction of sp³-hybridized carbons (Fsp3) is 0.259. The Labute approximate surface area is 241 Å². The Balaban J connectivity index is 1.14. The molecule has 1 aliphatic rings. The third-order valence-corrected chi connectivity index (χ3v) is 9.79. The maximum Gasteiger partial charge on any atom is 0.261 e. The number of amides is 1. The van der Waals surface area contributed by atoms with Crippen LogP contribution in [0, 0.1) is 6.92 Å². The van der Waals surface area contributed by atoms with Gasteiger partial charge in [-0.2, -0.15) is 0 Å². The van der Waals surface area contributed by atoms with Gasteiger partial charge in [0.2, 0.25) is 0 Å². The number of sulfonamides is 1. The molecule has 8 nitrogen and oxygen atoms in total. The molecule has 1 aliphatic heterocycles.